The van der Waals surface area contributed by atoms with Gasteiger partial charge in [0.05, 0.1) is 17.2 Å². The summed E-state index contributed by atoms with van der Waals surface area (Å²) in [7, 11) is 4.30. The molecule has 1 aliphatic rings. The molecule has 0 saturated carbocycles. The SMILES string of the molecule is CCNC(=NCCCN1CCCN(C)CC1)N(C)Cc1csc(C)n1.I. The molecule has 0 bridgehead atoms. The molecule has 2 heterocycles. The van der Waals surface area contributed by atoms with Crippen LogP contribution in [0, 0.1) is 6.92 Å². The highest BCUT2D eigenvalue weighted by Crippen LogP contribution is 2.10. The van der Waals surface area contributed by atoms with E-state index < -0.39 is 0 Å². The van der Waals surface area contributed by atoms with Gasteiger partial charge in [0.25, 0.3) is 0 Å². The second kappa shape index (κ2) is 12.9. The number of thiazole rings is 1. The Kier molecular flexibility index (Phi) is 11.7. The zero-order valence-electron chi connectivity index (χ0n) is 16.7. The van der Waals surface area contributed by atoms with Crippen molar-refractivity contribution in [2.45, 2.75) is 33.2 Å². The first-order valence-electron chi connectivity index (χ1n) is 9.40. The minimum atomic E-state index is 0. The molecule has 6 nitrogen and oxygen atoms in total. The summed E-state index contributed by atoms with van der Waals surface area (Å²) in [4.78, 5) is 16.5. The van der Waals surface area contributed by atoms with Crippen LogP contribution in [0.3, 0.4) is 0 Å². The molecule has 1 aromatic heterocycles. The van der Waals surface area contributed by atoms with Crippen molar-refractivity contribution < 1.29 is 0 Å². The highest BCUT2D eigenvalue weighted by molar-refractivity contribution is 14.0. The maximum Gasteiger partial charge on any atom is 0.194 e. The quantitative estimate of drug-likeness (QED) is 0.273. The van der Waals surface area contributed by atoms with E-state index in [1.165, 1.54) is 32.6 Å². The van der Waals surface area contributed by atoms with E-state index in [1.807, 2.05) is 6.92 Å². The van der Waals surface area contributed by atoms with Gasteiger partial charge in [0, 0.05) is 38.6 Å². The molecule has 0 radical (unpaired) electrons. The van der Waals surface area contributed by atoms with Crippen LogP contribution in [-0.4, -0.2) is 85.6 Å². The molecule has 1 aliphatic heterocycles. The van der Waals surface area contributed by atoms with Crippen LogP contribution >= 0.6 is 35.3 Å². The number of hydrogen-bond donors (Lipinski definition) is 1. The van der Waals surface area contributed by atoms with Crippen LogP contribution in [0.4, 0.5) is 0 Å². The highest BCUT2D eigenvalue weighted by Gasteiger charge is 2.12. The predicted octanol–water partition coefficient (Wildman–Crippen LogP) is 2.49. The molecular weight excluding hydrogens is 459 g/mol. The maximum atomic E-state index is 4.81. The fourth-order valence-corrected chi connectivity index (χ4v) is 3.68. The normalized spacial score (nSPS) is 16.8. The molecule has 2 rings (SSSR count). The van der Waals surface area contributed by atoms with Gasteiger partial charge in [-0.05, 0) is 53.4 Å². The van der Waals surface area contributed by atoms with E-state index in [-0.39, 0.29) is 24.0 Å². The molecule has 0 aromatic carbocycles. The summed E-state index contributed by atoms with van der Waals surface area (Å²) in [5, 5.41) is 6.64. The van der Waals surface area contributed by atoms with Gasteiger partial charge < -0.3 is 20.0 Å². The lowest BCUT2D eigenvalue weighted by atomic mass is 10.3. The van der Waals surface area contributed by atoms with Gasteiger partial charge in [0.2, 0.25) is 0 Å². The van der Waals surface area contributed by atoms with Gasteiger partial charge in [-0.2, -0.15) is 0 Å². The van der Waals surface area contributed by atoms with Crippen molar-refractivity contribution in [3.05, 3.63) is 16.1 Å². The predicted molar refractivity (Wildman–Crippen MR) is 123 cm³/mol. The number of rotatable bonds is 7. The lowest BCUT2D eigenvalue weighted by Gasteiger charge is -2.22. The minimum absolute atomic E-state index is 0. The standard InChI is InChI=1S/C18H34N6S.HI/c1-5-19-18(23(4)14-17-15-25-16(2)21-17)20-8-6-10-24-11-7-9-22(3)12-13-24;/h15H,5-14H2,1-4H3,(H,19,20);1H. The van der Waals surface area contributed by atoms with Crippen LogP contribution in [0.1, 0.15) is 30.5 Å². The molecule has 1 N–H and O–H groups in total. The zero-order valence-corrected chi connectivity index (χ0v) is 19.8. The van der Waals surface area contributed by atoms with Crippen molar-refractivity contribution in [3.63, 3.8) is 0 Å². The summed E-state index contributed by atoms with van der Waals surface area (Å²) in [5.74, 6) is 0.976. The third kappa shape index (κ3) is 8.49. The van der Waals surface area contributed by atoms with E-state index in [0.717, 1.165) is 49.3 Å². The largest absolute Gasteiger partial charge is 0.357 e. The fraction of sp³-hybridized carbons (Fsp3) is 0.778. The summed E-state index contributed by atoms with van der Waals surface area (Å²) in [6, 6.07) is 0. The number of halogens is 1. The Bertz CT molecular complexity index is 536. The Morgan fingerprint density at radius 1 is 1.35 bits per heavy atom. The Morgan fingerprint density at radius 3 is 2.85 bits per heavy atom. The Labute approximate surface area is 180 Å². The van der Waals surface area contributed by atoms with Gasteiger partial charge in [-0.1, -0.05) is 0 Å². The van der Waals surface area contributed by atoms with E-state index in [0.29, 0.717) is 0 Å². The first-order valence-corrected chi connectivity index (χ1v) is 10.3. The smallest absolute Gasteiger partial charge is 0.194 e. The van der Waals surface area contributed by atoms with Crippen LogP contribution in [0.2, 0.25) is 0 Å². The first kappa shape index (κ1) is 23.6. The molecule has 1 fully saturated rings. The van der Waals surface area contributed by atoms with E-state index in [9.17, 15) is 0 Å². The molecule has 0 atom stereocenters. The van der Waals surface area contributed by atoms with Crippen molar-refractivity contribution in [2.24, 2.45) is 4.99 Å². The van der Waals surface area contributed by atoms with Gasteiger partial charge in [-0.3, -0.25) is 4.99 Å². The van der Waals surface area contributed by atoms with Crippen molar-refractivity contribution in [3.8, 4) is 0 Å². The van der Waals surface area contributed by atoms with Crippen molar-refractivity contribution in [2.75, 3.05) is 59.9 Å². The third-order valence-electron chi connectivity index (χ3n) is 4.47. The lowest BCUT2D eigenvalue weighted by molar-refractivity contribution is 0.275. The molecule has 8 heteroatoms. The summed E-state index contributed by atoms with van der Waals surface area (Å²) < 4.78 is 0. The number of aromatic nitrogens is 1. The van der Waals surface area contributed by atoms with Crippen molar-refractivity contribution >= 4 is 41.3 Å². The average molecular weight is 494 g/mol. The van der Waals surface area contributed by atoms with E-state index in [4.69, 9.17) is 4.99 Å². The number of aryl methyl sites for hydroxylation is 1. The Morgan fingerprint density at radius 2 is 2.15 bits per heavy atom. The topological polar surface area (TPSA) is 47.0 Å². The molecule has 1 saturated heterocycles. The third-order valence-corrected chi connectivity index (χ3v) is 5.29. The van der Waals surface area contributed by atoms with Crippen molar-refractivity contribution in [1.29, 1.82) is 0 Å². The van der Waals surface area contributed by atoms with E-state index >= 15 is 0 Å². The fourth-order valence-electron chi connectivity index (χ4n) is 3.07. The summed E-state index contributed by atoms with van der Waals surface area (Å²) in [6.45, 7) is 12.7. The second-order valence-corrected chi connectivity index (χ2v) is 7.86. The van der Waals surface area contributed by atoms with Crippen molar-refractivity contribution in [1.82, 2.24) is 25.0 Å². The molecule has 0 spiro atoms. The lowest BCUT2D eigenvalue weighted by Crippen LogP contribution is -2.38. The molecular formula is C18H35IN6S. The van der Waals surface area contributed by atoms with E-state index in [1.54, 1.807) is 11.3 Å². The Balaban J connectivity index is 0.00000338. The van der Waals surface area contributed by atoms with E-state index in [2.05, 4.69) is 51.4 Å². The number of likely N-dealkylation sites (N-methyl/N-ethyl adjacent to an activating group) is 1. The number of hydrogen-bond acceptors (Lipinski definition) is 5. The minimum Gasteiger partial charge on any atom is -0.357 e. The molecule has 0 unspecified atom stereocenters. The summed E-state index contributed by atoms with van der Waals surface area (Å²) >= 11 is 1.70. The number of guanidine groups is 1. The van der Waals surface area contributed by atoms with Gasteiger partial charge in [-0.15, -0.1) is 35.3 Å². The van der Waals surface area contributed by atoms with Crippen LogP contribution in [-0.2, 0) is 6.54 Å². The molecule has 1 aromatic rings. The van der Waals surface area contributed by atoms with Gasteiger partial charge in [0.15, 0.2) is 5.96 Å². The van der Waals surface area contributed by atoms with Gasteiger partial charge in [-0.25, -0.2) is 4.98 Å². The zero-order chi connectivity index (χ0) is 18.1. The van der Waals surface area contributed by atoms with Gasteiger partial charge >= 0.3 is 0 Å². The first-order chi connectivity index (χ1) is 12.1. The maximum absolute atomic E-state index is 4.81. The molecule has 0 amide bonds. The molecule has 26 heavy (non-hydrogen) atoms. The number of nitrogens with one attached hydrogen (secondary N) is 1. The summed E-state index contributed by atoms with van der Waals surface area (Å²) in [6.07, 6.45) is 2.39. The molecule has 0 aliphatic carbocycles. The van der Waals surface area contributed by atoms with Crippen LogP contribution < -0.4 is 5.32 Å². The molecule has 150 valence electrons. The number of aliphatic imine (C=N–C) groups is 1. The Hall–Kier alpha value is -0.450. The van der Waals surface area contributed by atoms with Crippen LogP contribution in [0.25, 0.3) is 0 Å². The second-order valence-electron chi connectivity index (χ2n) is 6.80. The van der Waals surface area contributed by atoms with Crippen LogP contribution in [0.5, 0.6) is 0 Å². The average Bonchev–Trinajstić information content (AvgIpc) is 2.87. The monoisotopic (exact) mass is 494 g/mol. The summed E-state index contributed by atoms with van der Waals surface area (Å²) in [5.41, 5.74) is 1.12. The highest BCUT2D eigenvalue weighted by atomic mass is 127. The van der Waals surface area contributed by atoms with Crippen LogP contribution in [0.15, 0.2) is 10.4 Å². The van der Waals surface area contributed by atoms with Gasteiger partial charge in [0.1, 0.15) is 0 Å². The number of nitrogens with zero attached hydrogens (tertiary/aromatic N) is 5.